The van der Waals surface area contributed by atoms with E-state index in [1.807, 2.05) is 13.8 Å². The lowest BCUT2D eigenvalue weighted by Gasteiger charge is -2.25. The summed E-state index contributed by atoms with van der Waals surface area (Å²) in [4.78, 5) is 16.8. The molecule has 1 saturated heterocycles. The molecule has 4 nitrogen and oxygen atoms in total. The Balaban J connectivity index is 2.09. The normalized spacial score (nSPS) is 33.9. The lowest BCUT2D eigenvalue weighted by atomic mass is 9.86. The second-order valence-electron chi connectivity index (χ2n) is 6.67. The summed E-state index contributed by atoms with van der Waals surface area (Å²) in [7, 11) is 0. The molecule has 108 valence electrons. The molecule has 0 bridgehead atoms. The molecule has 2 aliphatic rings. The van der Waals surface area contributed by atoms with E-state index in [0.29, 0.717) is 11.9 Å². The predicted molar refractivity (Wildman–Crippen MR) is 78.0 cm³/mol. The first-order chi connectivity index (χ1) is 8.93. The number of carbonyl (C=O) groups is 1. The summed E-state index contributed by atoms with van der Waals surface area (Å²) in [6, 6.07) is 0.201. The molecule has 1 amide bonds. The molecule has 2 atom stereocenters. The molecule has 0 aromatic carbocycles. The third-order valence-electron chi connectivity index (χ3n) is 4.47. The minimum atomic E-state index is -0.392. The summed E-state index contributed by atoms with van der Waals surface area (Å²) in [5.41, 5.74) is -0.392. The van der Waals surface area contributed by atoms with Crippen molar-refractivity contribution in [3.63, 3.8) is 0 Å². The van der Waals surface area contributed by atoms with Crippen molar-refractivity contribution in [1.82, 2.24) is 10.6 Å². The maximum atomic E-state index is 12.3. The second kappa shape index (κ2) is 5.51. The Bertz CT molecular complexity index is 376. The van der Waals surface area contributed by atoms with Gasteiger partial charge in [-0.05, 0) is 44.9 Å². The molecule has 1 heterocycles. The Morgan fingerprint density at radius 2 is 1.95 bits per heavy atom. The third kappa shape index (κ3) is 3.10. The Labute approximate surface area is 116 Å². The number of amides is 1. The summed E-state index contributed by atoms with van der Waals surface area (Å²) in [5.74, 6) is 2.25. The second-order valence-corrected chi connectivity index (χ2v) is 6.67. The zero-order chi connectivity index (χ0) is 14.0. The van der Waals surface area contributed by atoms with Crippen LogP contribution in [0.3, 0.4) is 0 Å². The highest BCUT2D eigenvalue weighted by molar-refractivity contribution is 6.09. The summed E-state index contributed by atoms with van der Waals surface area (Å²) < 4.78 is 0. The van der Waals surface area contributed by atoms with E-state index in [2.05, 4.69) is 29.5 Å². The Morgan fingerprint density at radius 1 is 1.21 bits per heavy atom. The van der Waals surface area contributed by atoms with Crippen molar-refractivity contribution >= 4 is 11.9 Å². The van der Waals surface area contributed by atoms with Crippen LogP contribution < -0.4 is 10.6 Å². The molecule has 0 radical (unpaired) electrons. The molecule has 19 heavy (non-hydrogen) atoms. The number of carbonyl (C=O) groups excluding carboxylic acids is 1. The molecule has 0 aromatic heterocycles. The van der Waals surface area contributed by atoms with Crippen molar-refractivity contribution in [2.45, 2.75) is 71.4 Å². The van der Waals surface area contributed by atoms with Crippen LogP contribution in [0.25, 0.3) is 0 Å². The zero-order valence-electron chi connectivity index (χ0n) is 12.6. The molecule has 2 fully saturated rings. The van der Waals surface area contributed by atoms with Gasteiger partial charge < -0.3 is 5.32 Å². The monoisotopic (exact) mass is 265 g/mol. The number of hydrogen-bond donors (Lipinski definition) is 2. The van der Waals surface area contributed by atoms with Crippen LogP contribution >= 0.6 is 0 Å². The minimum Gasteiger partial charge on any atom is -0.342 e. The highest BCUT2D eigenvalue weighted by Gasteiger charge is 2.45. The van der Waals surface area contributed by atoms with Crippen LogP contribution in [0.1, 0.15) is 59.8 Å². The molecule has 1 aliphatic carbocycles. The molecule has 1 aliphatic heterocycles. The first kappa shape index (κ1) is 14.4. The van der Waals surface area contributed by atoms with Gasteiger partial charge in [0.1, 0.15) is 5.54 Å². The van der Waals surface area contributed by atoms with Crippen LogP contribution in [0.5, 0.6) is 0 Å². The lowest BCUT2D eigenvalue weighted by molar-refractivity contribution is -0.124. The largest absolute Gasteiger partial charge is 0.342 e. The molecular formula is C15H27N3O. The fraction of sp³-hybridized carbons (Fsp3) is 0.867. The first-order valence-electron chi connectivity index (χ1n) is 7.60. The number of nitrogens with zero attached hydrogens (tertiary/aromatic N) is 1. The lowest BCUT2D eigenvalue weighted by Crippen LogP contribution is -2.46. The van der Waals surface area contributed by atoms with E-state index >= 15 is 0 Å². The van der Waals surface area contributed by atoms with Gasteiger partial charge in [0.25, 0.3) is 5.91 Å². The van der Waals surface area contributed by atoms with Gasteiger partial charge in [-0.25, -0.2) is 0 Å². The average Bonchev–Trinajstić information content (AvgIpc) is 2.49. The van der Waals surface area contributed by atoms with Gasteiger partial charge in [-0.15, -0.1) is 0 Å². The number of nitrogens with one attached hydrogen (secondary N) is 2. The van der Waals surface area contributed by atoms with Crippen molar-refractivity contribution in [2.24, 2.45) is 16.8 Å². The van der Waals surface area contributed by atoms with Crippen molar-refractivity contribution in [3.05, 3.63) is 0 Å². The molecule has 1 spiro atoms. The van der Waals surface area contributed by atoms with Crippen LogP contribution in [0.15, 0.2) is 4.99 Å². The maximum Gasteiger partial charge on any atom is 0.252 e. The summed E-state index contributed by atoms with van der Waals surface area (Å²) in [6.07, 6.45) is 5.36. The van der Waals surface area contributed by atoms with Crippen molar-refractivity contribution in [3.8, 4) is 0 Å². The molecule has 2 unspecified atom stereocenters. The van der Waals surface area contributed by atoms with Crippen LogP contribution in [0.2, 0.25) is 0 Å². The highest BCUT2D eigenvalue weighted by atomic mass is 16.2. The topological polar surface area (TPSA) is 53.5 Å². The summed E-state index contributed by atoms with van der Waals surface area (Å²) >= 11 is 0. The van der Waals surface area contributed by atoms with Gasteiger partial charge in [0.2, 0.25) is 0 Å². The van der Waals surface area contributed by atoms with Gasteiger partial charge in [0, 0.05) is 6.04 Å². The van der Waals surface area contributed by atoms with E-state index in [1.54, 1.807) is 0 Å². The van der Waals surface area contributed by atoms with E-state index < -0.39 is 5.54 Å². The summed E-state index contributed by atoms with van der Waals surface area (Å²) in [6.45, 7) is 8.62. The van der Waals surface area contributed by atoms with Gasteiger partial charge in [-0.3, -0.25) is 15.1 Å². The SMILES string of the molecule is CC(C)N=C1NC(=O)C2(CCCC(C(C)C)CC2)N1. The molecule has 2 N–H and O–H groups in total. The Morgan fingerprint density at radius 3 is 2.58 bits per heavy atom. The zero-order valence-corrected chi connectivity index (χ0v) is 12.6. The average molecular weight is 265 g/mol. The molecule has 2 rings (SSSR count). The smallest absolute Gasteiger partial charge is 0.252 e. The fourth-order valence-electron chi connectivity index (χ4n) is 3.25. The number of guanidine groups is 1. The van der Waals surface area contributed by atoms with Gasteiger partial charge in [0.05, 0.1) is 0 Å². The van der Waals surface area contributed by atoms with Crippen LogP contribution in [0.4, 0.5) is 0 Å². The Kier molecular flexibility index (Phi) is 4.16. The first-order valence-corrected chi connectivity index (χ1v) is 7.60. The Hall–Kier alpha value is -1.06. The van der Waals surface area contributed by atoms with Crippen molar-refractivity contribution in [1.29, 1.82) is 0 Å². The predicted octanol–water partition coefficient (Wildman–Crippen LogP) is 2.45. The van der Waals surface area contributed by atoms with Crippen LogP contribution in [0, 0.1) is 11.8 Å². The van der Waals surface area contributed by atoms with E-state index in [-0.39, 0.29) is 11.9 Å². The third-order valence-corrected chi connectivity index (χ3v) is 4.47. The van der Waals surface area contributed by atoms with Gasteiger partial charge in [0.15, 0.2) is 5.96 Å². The van der Waals surface area contributed by atoms with E-state index in [1.165, 1.54) is 6.42 Å². The van der Waals surface area contributed by atoms with Gasteiger partial charge in [-0.1, -0.05) is 26.7 Å². The number of rotatable bonds is 2. The highest BCUT2D eigenvalue weighted by Crippen LogP contribution is 2.35. The quantitative estimate of drug-likeness (QED) is 0.806. The molecule has 0 aromatic rings. The van der Waals surface area contributed by atoms with Gasteiger partial charge >= 0.3 is 0 Å². The van der Waals surface area contributed by atoms with E-state index in [9.17, 15) is 4.79 Å². The minimum absolute atomic E-state index is 0.122. The van der Waals surface area contributed by atoms with Gasteiger partial charge in [-0.2, -0.15) is 0 Å². The maximum absolute atomic E-state index is 12.3. The number of aliphatic imine (C=N–C) groups is 1. The van der Waals surface area contributed by atoms with Crippen LogP contribution in [-0.4, -0.2) is 23.4 Å². The molecular weight excluding hydrogens is 238 g/mol. The fourth-order valence-corrected chi connectivity index (χ4v) is 3.25. The molecule has 4 heteroatoms. The van der Waals surface area contributed by atoms with E-state index in [0.717, 1.165) is 31.6 Å². The number of hydrogen-bond acceptors (Lipinski definition) is 2. The van der Waals surface area contributed by atoms with Crippen LogP contribution in [-0.2, 0) is 4.79 Å². The van der Waals surface area contributed by atoms with Crippen molar-refractivity contribution in [2.75, 3.05) is 0 Å². The standard InChI is InChI=1S/C15H27N3O/c1-10(2)12-6-5-8-15(9-7-12)13(19)17-14(18-15)16-11(3)4/h10-12H,5-9H2,1-4H3,(H2,16,17,18,19). The van der Waals surface area contributed by atoms with E-state index in [4.69, 9.17) is 0 Å². The van der Waals surface area contributed by atoms with Crippen molar-refractivity contribution < 1.29 is 4.79 Å². The summed E-state index contributed by atoms with van der Waals surface area (Å²) in [5, 5.41) is 6.29. The molecule has 1 saturated carbocycles.